The molecule has 0 aliphatic carbocycles. The van der Waals surface area contributed by atoms with E-state index in [1.165, 1.54) is 0 Å². The van der Waals surface area contributed by atoms with Crippen LogP contribution in [0.4, 0.5) is 0 Å². The minimum atomic E-state index is -0.124. The summed E-state index contributed by atoms with van der Waals surface area (Å²) in [6, 6.07) is 3.29. The van der Waals surface area contributed by atoms with Crippen molar-refractivity contribution < 1.29 is 9.47 Å². The standard InChI is InChI=1S/C12H11Cl3O2/c1-2-3-9(10-6-16-10)17-12-8(14)5-4-7(13)11(12)15/h2,4-5,9-10H,1,3,6H2. The van der Waals surface area contributed by atoms with Crippen molar-refractivity contribution in [3.63, 3.8) is 0 Å². The fourth-order valence-corrected chi connectivity index (χ4v) is 2.09. The summed E-state index contributed by atoms with van der Waals surface area (Å²) in [5, 5.41) is 1.18. The van der Waals surface area contributed by atoms with Crippen LogP contribution in [0.2, 0.25) is 15.1 Å². The largest absolute Gasteiger partial charge is 0.484 e. The molecule has 1 heterocycles. The molecule has 5 heteroatoms. The highest BCUT2D eigenvalue weighted by Gasteiger charge is 2.34. The van der Waals surface area contributed by atoms with Gasteiger partial charge in [0.25, 0.3) is 0 Å². The van der Waals surface area contributed by atoms with Crippen molar-refractivity contribution >= 4 is 34.8 Å². The van der Waals surface area contributed by atoms with Crippen molar-refractivity contribution in [1.82, 2.24) is 0 Å². The molecule has 1 aromatic rings. The van der Waals surface area contributed by atoms with Gasteiger partial charge in [0.05, 0.1) is 16.7 Å². The van der Waals surface area contributed by atoms with Crippen LogP contribution in [0.5, 0.6) is 5.75 Å². The van der Waals surface area contributed by atoms with E-state index in [1.54, 1.807) is 18.2 Å². The van der Waals surface area contributed by atoms with Crippen LogP contribution < -0.4 is 4.74 Å². The van der Waals surface area contributed by atoms with Gasteiger partial charge in [-0.05, 0) is 12.1 Å². The summed E-state index contributed by atoms with van der Waals surface area (Å²) < 4.78 is 11.0. The third-order valence-corrected chi connectivity index (χ3v) is 3.53. The van der Waals surface area contributed by atoms with Crippen molar-refractivity contribution in [3.8, 4) is 5.75 Å². The molecule has 2 unspecified atom stereocenters. The van der Waals surface area contributed by atoms with Crippen LogP contribution in [0.15, 0.2) is 24.8 Å². The van der Waals surface area contributed by atoms with E-state index in [4.69, 9.17) is 44.3 Å². The lowest BCUT2D eigenvalue weighted by Gasteiger charge is -2.18. The minimum absolute atomic E-state index is 0.0825. The minimum Gasteiger partial charge on any atom is -0.484 e. The molecule has 0 saturated carbocycles. The number of ether oxygens (including phenoxy) is 2. The Hall–Kier alpha value is -0.410. The van der Waals surface area contributed by atoms with Crippen molar-refractivity contribution in [2.75, 3.05) is 6.61 Å². The lowest BCUT2D eigenvalue weighted by Crippen LogP contribution is -2.22. The molecule has 0 radical (unpaired) electrons. The van der Waals surface area contributed by atoms with Gasteiger partial charge in [-0.15, -0.1) is 6.58 Å². The van der Waals surface area contributed by atoms with Gasteiger partial charge in [-0.2, -0.15) is 0 Å². The fraction of sp³-hybridized carbons (Fsp3) is 0.333. The lowest BCUT2D eigenvalue weighted by atomic mass is 10.2. The number of halogens is 3. The molecule has 2 nitrogen and oxygen atoms in total. The highest BCUT2D eigenvalue weighted by atomic mass is 35.5. The second kappa shape index (κ2) is 5.49. The summed E-state index contributed by atoms with van der Waals surface area (Å²) in [7, 11) is 0. The molecule has 1 aliphatic heterocycles. The Labute approximate surface area is 115 Å². The van der Waals surface area contributed by atoms with Crippen LogP contribution in [0, 0.1) is 0 Å². The van der Waals surface area contributed by atoms with E-state index in [1.807, 2.05) is 0 Å². The van der Waals surface area contributed by atoms with Crippen LogP contribution in [-0.4, -0.2) is 18.8 Å². The van der Waals surface area contributed by atoms with Crippen LogP contribution in [0.25, 0.3) is 0 Å². The summed E-state index contributed by atoms with van der Waals surface area (Å²) in [6.07, 6.45) is 2.41. The van der Waals surface area contributed by atoms with Gasteiger partial charge in [-0.25, -0.2) is 0 Å². The molecule has 2 rings (SSSR count). The van der Waals surface area contributed by atoms with Crippen molar-refractivity contribution in [1.29, 1.82) is 0 Å². The third-order valence-electron chi connectivity index (χ3n) is 2.44. The SMILES string of the molecule is C=CCC(Oc1c(Cl)ccc(Cl)c1Cl)C1CO1. The van der Waals surface area contributed by atoms with E-state index < -0.39 is 0 Å². The average Bonchev–Trinajstić information content (AvgIpc) is 3.12. The molecule has 1 aromatic carbocycles. The molecule has 0 bridgehead atoms. The molecular weight excluding hydrogens is 282 g/mol. The molecule has 92 valence electrons. The Morgan fingerprint density at radius 1 is 1.41 bits per heavy atom. The first kappa shape index (κ1) is 13.0. The van der Waals surface area contributed by atoms with Crippen molar-refractivity contribution in [2.45, 2.75) is 18.6 Å². The van der Waals surface area contributed by atoms with E-state index in [2.05, 4.69) is 6.58 Å². The predicted octanol–water partition coefficient (Wildman–Crippen LogP) is 4.37. The zero-order valence-electron chi connectivity index (χ0n) is 8.96. The number of rotatable bonds is 5. The fourth-order valence-electron chi connectivity index (χ4n) is 1.48. The highest BCUT2D eigenvalue weighted by molar-refractivity contribution is 6.44. The Kier molecular flexibility index (Phi) is 4.21. The second-order valence-electron chi connectivity index (χ2n) is 3.72. The summed E-state index contributed by atoms with van der Waals surface area (Å²) >= 11 is 18.0. The Morgan fingerprint density at radius 2 is 2.06 bits per heavy atom. The first-order valence-electron chi connectivity index (χ1n) is 5.16. The van der Waals surface area contributed by atoms with Gasteiger partial charge in [0.1, 0.15) is 17.2 Å². The summed E-state index contributed by atoms with van der Waals surface area (Å²) in [4.78, 5) is 0. The number of epoxide rings is 1. The second-order valence-corrected chi connectivity index (χ2v) is 4.92. The monoisotopic (exact) mass is 292 g/mol. The molecule has 1 fully saturated rings. The van der Waals surface area contributed by atoms with Gasteiger partial charge in [0.15, 0.2) is 5.75 Å². The molecule has 0 amide bonds. The normalized spacial score (nSPS) is 19.8. The molecular formula is C12H11Cl3O2. The average molecular weight is 294 g/mol. The van der Waals surface area contributed by atoms with E-state index in [0.717, 1.165) is 0 Å². The lowest BCUT2D eigenvalue weighted by molar-refractivity contribution is 0.162. The van der Waals surface area contributed by atoms with Gasteiger partial charge in [-0.3, -0.25) is 0 Å². The zero-order valence-corrected chi connectivity index (χ0v) is 11.2. The number of hydrogen-bond donors (Lipinski definition) is 0. The first-order chi connectivity index (χ1) is 8.13. The maximum atomic E-state index is 6.06. The maximum absolute atomic E-state index is 6.06. The van der Waals surface area contributed by atoms with E-state index in [-0.39, 0.29) is 12.2 Å². The Morgan fingerprint density at radius 3 is 2.65 bits per heavy atom. The first-order valence-corrected chi connectivity index (χ1v) is 6.29. The molecule has 2 atom stereocenters. The van der Waals surface area contributed by atoms with Crippen LogP contribution in [0.3, 0.4) is 0 Å². The van der Waals surface area contributed by atoms with E-state index in [9.17, 15) is 0 Å². The van der Waals surface area contributed by atoms with Crippen molar-refractivity contribution in [2.24, 2.45) is 0 Å². The van der Waals surface area contributed by atoms with Crippen molar-refractivity contribution in [3.05, 3.63) is 39.9 Å². The Bertz CT molecular complexity index is 430. The van der Waals surface area contributed by atoms with E-state index >= 15 is 0 Å². The van der Waals surface area contributed by atoms with Gasteiger partial charge in [0, 0.05) is 6.42 Å². The van der Waals surface area contributed by atoms with Gasteiger partial charge >= 0.3 is 0 Å². The summed E-state index contributed by atoms with van der Waals surface area (Å²) in [5.41, 5.74) is 0. The number of hydrogen-bond acceptors (Lipinski definition) is 2. The van der Waals surface area contributed by atoms with Gasteiger partial charge in [0.2, 0.25) is 0 Å². The molecule has 1 aliphatic rings. The topological polar surface area (TPSA) is 21.8 Å². The molecule has 17 heavy (non-hydrogen) atoms. The van der Waals surface area contributed by atoms with Gasteiger partial charge < -0.3 is 9.47 Å². The highest BCUT2D eigenvalue weighted by Crippen LogP contribution is 2.39. The number of benzene rings is 1. The van der Waals surface area contributed by atoms with Gasteiger partial charge in [-0.1, -0.05) is 40.9 Å². The zero-order chi connectivity index (χ0) is 12.4. The molecule has 0 N–H and O–H groups in total. The molecule has 0 aromatic heterocycles. The molecule has 1 saturated heterocycles. The predicted molar refractivity (Wildman–Crippen MR) is 70.4 cm³/mol. The van der Waals surface area contributed by atoms with E-state index in [0.29, 0.717) is 33.8 Å². The maximum Gasteiger partial charge on any atom is 0.158 e. The summed E-state index contributed by atoms with van der Waals surface area (Å²) in [6.45, 7) is 4.38. The summed E-state index contributed by atoms with van der Waals surface area (Å²) in [5.74, 6) is 0.406. The quantitative estimate of drug-likeness (QED) is 0.457. The van der Waals surface area contributed by atoms with Crippen LogP contribution >= 0.6 is 34.8 Å². The third kappa shape index (κ3) is 3.08. The smallest absolute Gasteiger partial charge is 0.158 e. The van der Waals surface area contributed by atoms with Crippen LogP contribution in [0.1, 0.15) is 6.42 Å². The molecule has 0 spiro atoms. The Balaban J connectivity index is 2.21. The van der Waals surface area contributed by atoms with Crippen LogP contribution in [-0.2, 0) is 4.74 Å².